The van der Waals surface area contributed by atoms with Crippen molar-refractivity contribution in [3.05, 3.63) is 5.69 Å². The van der Waals surface area contributed by atoms with E-state index in [1.54, 1.807) is 0 Å². The molecule has 0 bridgehead atoms. The molecule has 6 nitrogen and oxygen atoms in total. The molecule has 6 heteroatoms. The zero-order chi connectivity index (χ0) is 13.1. The topological polar surface area (TPSA) is 74.3 Å². The third kappa shape index (κ3) is 2.76. The summed E-state index contributed by atoms with van der Waals surface area (Å²) in [5.74, 6) is 0.872. The zero-order valence-electron chi connectivity index (χ0n) is 11.3. The summed E-state index contributed by atoms with van der Waals surface area (Å²) in [6, 6.07) is 0.270. The molecule has 1 atom stereocenters. The maximum Gasteiger partial charge on any atom is 0.148 e. The third-order valence-electron chi connectivity index (χ3n) is 3.00. The van der Waals surface area contributed by atoms with Crippen LogP contribution in [0.5, 0.6) is 0 Å². The number of aromatic nitrogens is 2. The summed E-state index contributed by atoms with van der Waals surface area (Å²) in [6.07, 6.45) is 0.0777. The fraction of sp³-hybridized carbons (Fsp3) is 0.750. The van der Waals surface area contributed by atoms with E-state index in [1.807, 2.05) is 11.6 Å². The molecular weight excluding hydrogens is 232 g/mol. The molecule has 18 heavy (non-hydrogen) atoms. The van der Waals surface area contributed by atoms with Gasteiger partial charge in [0.1, 0.15) is 5.82 Å². The lowest BCUT2D eigenvalue weighted by molar-refractivity contribution is -0.0819. The largest absolute Gasteiger partial charge is 0.394 e. The second-order valence-electron chi connectivity index (χ2n) is 4.83. The Labute approximate surface area is 107 Å². The van der Waals surface area contributed by atoms with Crippen molar-refractivity contribution in [2.45, 2.75) is 32.9 Å². The van der Waals surface area contributed by atoms with Gasteiger partial charge < -0.3 is 20.5 Å². The molecule has 3 N–H and O–H groups in total. The molecule has 0 saturated carbocycles. The molecule has 0 amide bonds. The number of hydrogen-bond acceptors (Lipinski definition) is 5. The molecule has 2 rings (SSSR count). The molecule has 1 saturated heterocycles. The van der Waals surface area contributed by atoms with Crippen molar-refractivity contribution >= 4 is 11.5 Å². The monoisotopic (exact) mass is 254 g/mol. The second kappa shape index (κ2) is 5.58. The molecule has 0 aromatic carbocycles. The first kappa shape index (κ1) is 13.2. The number of anilines is 2. The van der Waals surface area contributed by atoms with Crippen LogP contribution in [0.4, 0.5) is 11.5 Å². The summed E-state index contributed by atoms with van der Waals surface area (Å²) in [6.45, 7) is 8.73. The van der Waals surface area contributed by atoms with Crippen molar-refractivity contribution in [3.63, 3.8) is 0 Å². The van der Waals surface area contributed by atoms with Gasteiger partial charge in [0.25, 0.3) is 0 Å². The third-order valence-corrected chi connectivity index (χ3v) is 3.00. The summed E-state index contributed by atoms with van der Waals surface area (Å²) in [5.41, 5.74) is 7.60. The SMILES string of the molecule is Cc1nn(C(C)C)c(NCC2COCCO2)c1N. The summed E-state index contributed by atoms with van der Waals surface area (Å²) in [4.78, 5) is 0. The minimum atomic E-state index is 0.0777. The lowest BCUT2D eigenvalue weighted by Crippen LogP contribution is -2.34. The molecule has 2 heterocycles. The highest BCUT2D eigenvalue weighted by Gasteiger charge is 2.18. The number of nitrogens with one attached hydrogen (secondary N) is 1. The van der Waals surface area contributed by atoms with Crippen LogP contribution in [0.25, 0.3) is 0 Å². The van der Waals surface area contributed by atoms with E-state index in [-0.39, 0.29) is 12.1 Å². The van der Waals surface area contributed by atoms with Gasteiger partial charge in [-0.15, -0.1) is 0 Å². The Kier molecular flexibility index (Phi) is 4.08. The zero-order valence-corrected chi connectivity index (χ0v) is 11.3. The Hall–Kier alpha value is -1.27. The van der Waals surface area contributed by atoms with Gasteiger partial charge in [-0.05, 0) is 20.8 Å². The highest BCUT2D eigenvalue weighted by atomic mass is 16.6. The Morgan fingerprint density at radius 1 is 1.50 bits per heavy atom. The molecule has 1 aliphatic heterocycles. The second-order valence-corrected chi connectivity index (χ2v) is 4.83. The van der Waals surface area contributed by atoms with Gasteiger partial charge in [-0.25, -0.2) is 4.68 Å². The van der Waals surface area contributed by atoms with Gasteiger partial charge >= 0.3 is 0 Å². The normalized spacial score (nSPS) is 20.3. The van der Waals surface area contributed by atoms with Crippen LogP contribution < -0.4 is 11.1 Å². The van der Waals surface area contributed by atoms with Crippen LogP contribution in [0.2, 0.25) is 0 Å². The number of rotatable bonds is 4. The quantitative estimate of drug-likeness (QED) is 0.844. The molecule has 0 radical (unpaired) electrons. The van der Waals surface area contributed by atoms with Crippen molar-refractivity contribution in [2.75, 3.05) is 37.4 Å². The number of nitrogens with two attached hydrogens (primary N) is 1. The summed E-state index contributed by atoms with van der Waals surface area (Å²) >= 11 is 0. The predicted octanol–water partition coefficient (Wildman–Crippen LogP) is 1.18. The standard InChI is InChI=1S/C12H22N4O2/c1-8(2)16-12(11(13)9(3)15-16)14-6-10-7-17-4-5-18-10/h8,10,14H,4-7,13H2,1-3H3. The Balaban J connectivity index is 2.03. The van der Waals surface area contributed by atoms with E-state index in [0.717, 1.165) is 11.5 Å². The predicted molar refractivity (Wildman–Crippen MR) is 70.8 cm³/mol. The van der Waals surface area contributed by atoms with E-state index < -0.39 is 0 Å². The number of ether oxygens (including phenoxy) is 2. The van der Waals surface area contributed by atoms with Gasteiger partial charge in [0.15, 0.2) is 0 Å². The van der Waals surface area contributed by atoms with E-state index in [1.165, 1.54) is 0 Å². The van der Waals surface area contributed by atoms with Gasteiger partial charge in [0.05, 0.1) is 37.3 Å². The summed E-state index contributed by atoms with van der Waals surface area (Å²) in [7, 11) is 0. The smallest absolute Gasteiger partial charge is 0.148 e. The molecule has 0 aliphatic carbocycles. The molecule has 102 valence electrons. The van der Waals surface area contributed by atoms with Crippen molar-refractivity contribution in [2.24, 2.45) is 0 Å². The highest BCUT2D eigenvalue weighted by molar-refractivity contribution is 5.64. The van der Waals surface area contributed by atoms with Crippen molar-refractivity contribution in [3.8, 4) is 0 Å². The minimum Gasteiger partial charge on any atom is -0.394 e. The number of nitrogen functional groups attached to an aromatic ring is 1. The summed E-state index contributed by atoms with van der Waals surface area (Å²) < 4.78 is 12.9. The van der Waals surface area contributed by atoms with E-state index in [9.17, 15) is 0 Å². The molecule has 1 aromatic heterocycles. The van der Waals surface area contributed by atoms with Crippen LogP contribution in [0.1, 0.15) is 25.6 Å². The van der Waals surface area contributed by atoms with Gasteiger partial charge in [-0.1, -0.05) is 0 Å². The van der Waals surface area contributed by atoms with Crippen LogP contribution in [-0.2, 0) is 9.47 Å². The fourth-order valence-electron chi connectivity index (χ4n) is 1.98. The van der Waals surface area contributed by atoms with Gasteiger partial charge in [0.2, 0.25) is 0 Å². The molecule has 1 fully saturated rings. The van der Waals surface area contributed by atoms with Crippen LogP contribution in [0, 0.1) is 6.92 Å². The average Bonchev–Trinajstić information content (AvgIpc) is 2.65. The fourth-order valence-corrected chi connectivity index (χ4v) is 1.98. The van der Waals surface area contributed by atoms with Crippen LogP contribution in [-0.4, -0.2) is 42.2 Å². The number of aryl methyl sites for hydroxylation is 1. The van der Waals surface area contributed by atoms with Crippen molar-refractivity contribution < 1.29 is 9.47 Å². The van der Waals surface area contributed by atoms with Gasteiger partial charge in [-0.3, -0.25) is 0 Å². The molecular formula is C12H22N4O2. The van der Waals surface area contributed by atoms with Crippen molar-refractivity contribution in [1.82, 2.24) is 9.78 Å². The lowest BCUT2D eigenvalue weighted by atomic mass is 10.3. The molecule has 0 spiro atoms. The van der Waals surface area contributed by atoms with E-state index in [4.69, 9.17) is 15.2 Å². The number of hydrogen-bond donors (Lipinski definition) is 2. The first-order valence-electron chi connectivity index (χ1n) is 6.37. The highest BCUT2D eigenvalue weighted by Crippen LogP contribution is 2.25. The minimum absolute atomic E-state index is 0.0777. The first-order valence-corrected chi connectivity index (χ1v) is 6.37. The van der Waals surface area contributed by atoms with Crippen molar-refractivity contribution in [1.29, 1.82) is 0 Å². The maximum atomic E-state index is 6.04. The molecule has 1 unspecified atom stereocenters. The number of nitrogens with zero attached hydrogens (tertiary/aromatic N) is 2. The Morgan fingerprint density at radius 2 is 2.28 bits per heavy atom. The molecule has 1 aromatic rings. The Bertz CT molecular complexity index is 397. The average molecular weight is 254 g/mol. The van der Waals surface area contributed by atoms with Crippen LogP contribution >= 0.6 is 0 Å². The maximum absolute atomic E-state index is 6.04. The van der Waals surface area contributed by atoms with Crippen LogP contribution in [0.15, 0.2) is 0 Å². The van der Waals surface area contributed by atoms with Gasteiger partial charge in [-0.2, -0.15) is 5.10 Å². The van der Waals surface area contributed by atoms with E-state index >= 15 is 0 Å². The van der Waals surface area contributed by atoms with Gasteiger partial charge in [0, 0.05) is 12.6 Å². The lowest BCUT2D eigenvalue weighted by Gasteiger charge is -2.24. The van der Waals surface area contributed by atoms with Crippen LogP contribution in [0.3, 0.4) is 0 Å². The van der Waals surface area contributed by atoms with E-state index in [0.29, 0.717) is 32.1 Å². The van der Waals surface area contributed by atoms with E-state index in [2.05, 4.69) is 24.3 Å². The summed E-state index contributed by atoms with van der Waals surface area (Å²) in [5, 5.41) is 7.75. The Morgan fingerprint density at radius 3 is 2.89 bits per heavy atom. The first-order chi connectivity index (χ1) is 8.59. The molecule has 1 aliphatic rings.